The van der Waals surface area contributed by atoms with Crippen molar-refractivity contribution in [3.8, 4) is 18.1 Å². The SMILES string of the molecule is C#CCN(C)C(=O)N1CCOc2c(C(=O)O)cccc21. The van der Waals surface area contributed by atoms with Gasteiger partial charge in [0.2, 0.25) is 0 Å². The lowest BCUT2D eigenvalue weighted by Crippen LogP contribution is -2.45. The highest BCUT2D eigenvalue weighted by Crippen LogP contribution is 2.35. The fourth-order valence-electron chi connectivity index (χ4n) is 2.03. The maximum atomic E-state index is 12.3. The number of urea groups is 1. The van der Waals surface area contributed by atoms with Crippen LogP contribution >= 0.6 is 0 Å². The Morgan fingerprint density at radius 3 is 2.95 bits per heavy atom. The summed E-state index contributed by atoms with van der Waals surface area (Å²) in [4.78, 5) is 26.3. The molecule has 0 unspecified atom stereocenters. The standard InChI is InChI=1S/C14H14N2O4/c1-3-7-15(2)14(19)16-8-9-20-12-10(13(17)18)5-4-6-11(12)16/h1,4-6H,7-9H2,2H3,(H,17,18). The molecule has 0 aromatic heterocycles. The number of ether oxygens (including phenoxy) is 1. The first kappa shape index (κ1) is 13.7. The highest BCUT2D eigenvalue weighted by Gasteiger charge is 2.28. The number of benzene rings is 1. The van der Waals surface area contributed by atoms with Gasteiger partial charge in [-0.15, -0.1) is 6.42 Å². The van der Waals surface area contributed by atoms with Gasteiger partial charge in [0, 0.05) is 7.05 Å². The number of hydrogen-bond donors (Lipinski definition) is 1. The third kappa shape index (κ3) is 2.38. The molecule has 20 heavy (non-hydrogen) atoms. The van der Waals surface area contributed by atoms with E-state index in [4.69, 9.17) is 16.3 Å². The Morgan fingerprint density at radius 1 is 1.55 bits per heavy atom. The van der Waals surface area contributed by atoms with Crippen LogP contribution in [0.2, 0.25) is 0 Å². The van der Waals surface area contributed by atoms with E-state index in [-0.39, 0.29) is 30.5 Å². The molecule has 1 aromatic rings. The van der Waals surface area contributed by atoms with Crippen LogP contribution in [0.15, 0.2) is 18.2 Å². The number of carboxylic acids is 1. The zero-order chi connectivity index (χ0) is 14.7. The number of anilines is 1. The van der Waals surface area contributed by atoms with Crippen LogP contribution in [0.25, 0.3) is 0 Å². The molecule has 0 fully saturated rings. The van der Waals surface area contributed by atoms with Gasteiger partial charge in [0.15, 0.2) is 5.75 Å². The molecule has 2 rings (SSSR count). The Kier molecular flexibility index (Phi) is 3.80. The van der Waals surface area contributed by atoms with Crippen molar-refractivity contribution in [3.05, 3.63) is 23.8 Å². The largest absolute Gasteiger partial charge is 0.489 e. The van der Waals surface area contributed by atoms with Crippen LogP contribution in [0.1, 0.15) is 10.4 Å². The minimum Gasteiger partial charge on any atom is -0.489 e. The van der Waals surface area contributed by atoms with Crippen LogP contribution < -0.4 is 9.64 Å². The average molecular weight is 274 g/mol. The first-order chi connectivity index (χ1) is 9.56. The minimum absolute atomic E-state index is 0.0413. The van der Waals surface area contributed by atoms with Gasteiger partial charge in [0.25, 0.3) is 0 Å². The van der Waals surface area contributed by atoms with E-state index in [2.05, 4.69) is 5.92 Å². The Labute approximate surface area is 116 Å². The number of carbonyl (C=O) groups excluding carboxylic acids is 1. The van der Waals surface area contributed by atoms with Gasteiger partial charge in [-0.1, -0.05) is 12.0 Å². The summed E-state index contributed by atoms with van der Waals surface area (Å²) in [6.45, 7) is 0.779. The second kappa shape index (κ2) is 5.53. The number of terminal acetylenes is 1. The normalized spacial score (nSPS) is 12.9. The predicted molar refractivity (Wildman–Crippen MR) is 73.1 cm³/mol. The van der Waals surface area contributed by atoms with Gasteiger partial charge in [-0.3, -0.25) is 4.90 Å². The quantitative estimate of drug-likeness (QED) is 0.824. The molecule has 1 aliphatic rings. The highest BCUT2D eigenvalue weighted by atomic mass is 16.5. The summed E-state index contributed by atoms with van der Waals surface area (Å²) in [5.41, 5.74) is 0.490. The van der Waals surface area contributed by atoms with Crippen molar-refractivity contribution in [2.75, 3.05) is 31.6 Å². The van der Waals surface area contributed by atoms with E-state index in [1.54, 1.807) is 19.2 Å². The van der Waals surface area contributed by atoms with Crippen molar-refractivity contribution in [3.63, 3.8) is 0 Å². The first-order valence-electron chi connectivity index (χ1n) is 6.01. The lowest BCUT2D eigenvalue weighted by molar-refractivity contribution is 0.0691. The first-order valence-corrected chi connectivity index (χ1v) is 6.01. The van der Waals surface area contributed by atoms with E-state index in [0.29, 0.717) is 12.2 Å². The van der Waals surface area contributed by atoms with Gasteiger partial charge < -0.3 is 14.7 Å². The number of aromatic carboxylic acids is 1. The van der Waals surface area contributed by atoms with Crippen LogP contribution in [0.5, 0.6) is 5.75 Å². The summed E-state index contributed by atoms with van der Waals surface area (Å²) >= 11 is 0. The van der Waals surface area contributed by atoms with E-state index < -0.39 is 5.97 Å². The molecule has 0 bridgehead atoms. The molecular formula is C14H14N2O4. The molecule has 0 aliphatic carbocycles. The number of fused-ring (bicyclic) bond motifs is 1. The molecule has 1 N–H and O–H groups in total. The van der Waals surface area contributed by atoms with Gasteiger partial charge in [-0.05, 0) is 12.1 Å². The molecule has 2 amide bonds. The molecule has 1 aromatic carbocycles. The molecular weight excluding hydrogens is 260 g/mol. The summed E-state index contributed by atoms with van der Waals surface area (Å²) in [7, 11) is 1.60. The summed E-state index contributed by atoms with van der Waals surface area (Å²) in [6, 6.07) is 4.40. The second-order valence-corrected chi connectivity index (χ2v) is 4.30. The molecule has 0 spiro atoms. The van der Waals surface area contributed by atoms with Crippen molar-refractivity contribution in [1.82, 2.24) is 4.90 Å². The Bertz CT molecular complexity index is 591. The van der Waals surface area contributed by atoms with Crippen molar-refractivity contribution in [1.29, 1.82) is 0 Å². The number of carboxylic acid groups (broad SMARTS) is 1. The minimum atomic E-state index is -1.09. The summed E-state index contributed by atoms with van der Waals surface area (Å²) in [5, 5.41) is 9.14. The number of rotatable bonds is 2. The van der Waals surface area contributed by atoms with E-state index in [0.717, 1.165) is 0 Å². The molecule has 0 saturated heterocycles. The zero-order valence-corrected chi connectivity index (χ0v) is 11.0. The maximum Gasteiger partial charge on any atom is 0.339 e. The third-order valence-corrected chi connectivity index (χ3v) is 2.96. The van der Waals surface area contributed by atoms with Crippen LogP contribution in [-0.2, 0) is 0 Å². The van der Waals surface area contributed by atoms with Gasteiger partial charge in [-0.25, -0.2) is 9.59 Å². The third-order valence-electron chi connectivity index (χ3n) is 2.96. The van der Waals surface area contributed by atoms with Crippen LogP contribution in [0.3, 0.4) is 0 Å². The number of carbonyl (C=O) groups is 2. The van der Waals surface area contributed by atoms with Crippen molar-refractivity contribution < 1.29 is 19.4 Å². The topological polar surface area (TPSA) is 70.1 Å². The van der Waals surface area contributed by atoms with E-state index in [1.165, 1.54) is 15.9 Å². The molecule has 0 radical (unpaired) electrons. The Morgan fingerprint density at radius 2 is 2.30 bits per heavy atom. The number of para-hydroxylation sites is 1. The van der Waals surface area contributed by atoms with Crippen LogP contribution in [0, 0.1) is 12.3 Å². The van der Waals surface area contributed by atoms with E-state index >= 15 is 0 Å². The summed E-state index contributed by atoms with van der Waals surface area (Å²) < 4.78 is 5.40. The lowest BCUT2D eigenvalue weighted by atomic mass is 10.1. The molecule has 0 atom stereocenters. The van der Waals surface area contributed by atoms with Crippen molar-refractivity contribution in [2.24, 2.45) is 0 Å². The maximum absolute atomic E-state index is 12.3. The van der Waals surface area contributed by atoms with Gasteiger partial charge >= 0.3 is 12.0 Å². The Balaban J connectivity index is 2.39. The van der Waals surface area contributed by atoms with E-state index in [1.807, 2.05) is 0 Å². The zero-order valence-electron chi connectivity index (χ0n) is 11.0. The van der Waals surface area contributed by atoms with Gasteiger partial charge in [-0.2, -0.15) is 0 Å². The fraction of sp³-hybridized carbons (Fsp3) is 0.286. The summed E-state index contributed by atoms with van der Waals surface area (Å²) in [5.74, 6) is 1.52. The number of hydrogen-bond acceptors (Lipinski definition) is 3. The number of nitrogens with zero attached hydrogens (tertiary/aromatic N) is 2. The highest BCUT2D eigenvalue weighted by molar-refractivity contribution is 5.99. The molecule has 0 saturated carbocycles. The molecule has 1 aliphatic heterocycles. The fourth-order valence-corrected chi connectivity index (χ4v) is 2.03. The lowest BCUT2D eigenvalue weighted by Gasteiger charge is -2.32. The van der Waals surface area contributed by atoms with Crippen LogP contribution in [0.4, 0.5) is 10.5 Å². The van der Waals surface area contributed by atoms with E-state index in [9.17, 15) is 9.59 Å². The molecule has 6 heteroatoms. The summed E-state index contributed by atoms with van der Waals surface area (Å²) in [6.07, 6.45) is 5.19. The van der Waals surface area contributed by atoms with Gasteiger partial charge in [0.1, 0.15) is 12.2 Å². The number of amides is 2. The van der Waals surface area contributed by atoms with Crippen molar-refractivity contribution in [2.45, 2.75) is 0 Å². The second-order valence-electron chi connectivity index (χ2n) is 4.30. The van der Waals surface area contributed by atoms with Crippen molar-refractivity contribution >= 4 is 17.7 Å². The van der Waals surface area contributed by atoms with Crippen LogP contribution in [-0.4, -0.2) is 48.8 Å². The average Bonchev–Trinajstić information content (AvgIpc) is 2.45. The predicted octanol–water partition coefficient (Wildman–Crippen LogP) is 1.27. The molecule has 104 valence electrons. The molecule has 6 nitrogen and oxygen atoms in total. The van der Waals surface area contributed by atoms with Gasteiger partial charge in [0.05, 0.1) is 18.8 Å². The smallest absolute Gasteiger partial charge is 0.339 e. The monoisotopic (exact) mass is 274 g/mol. The molecule has 1 heterocycles. The Hall–Kier alpha value is -2.68.